The molecule has 0 spiro atoms. The second-order valence-corrected chi connectivity index (χ2v) is 4.59. The summed E-state index contributed by atoms with van der Waals surface area (Å²) in [6, 6.07) is 9.69. The van der Waals surface area contributed by atoms with Crippen molar-refractivity contribution in [3.63, 3.8) is 0 Å². The summed E-state index contributed by atoms with van der Waals surface area (Å²) in [5.74, 6) is 0.826. The zero-order valence-corrected chi connectivity index (χ0v) is 11.8. The molecule has 1 heterocycles. The second-order valence-electron chi connectivity index (χ2n) is 4.16. The molecule has 1 N–H and O–H groups in total. The lowest BCUT2D eigenvalue weighted by atomic mass is 9.98. The highest BCUT2D eigenvalue weighted by molar-refractivity contribution is 6.30. The fourth-order valence-corrected chi connectivity index (χ4v) is 2.28. The van der Waals surface area contributed by atoms with Crippen molar-refractivity contribution in [3.05, 3.63) is 58.9 Å². The molecule has 19 heavy (non-hydrogen) atoms. The van der Waals surface area contributed by atoms with Crippen LogP contribution in [0.5, 0.6) is 5.75 Å². The Morgan fingerprint density at radius 3 is 2.63 bits per heavy atom. The van der Waals surface area contributed by atoms with Crippen molar-refractivity contribution >= 4 is 11.6 Å². The van der Waals surface area contributed by atoms with E-state index < -0.39 is 0 Å². The Morgan fingerprint density at radius 1 is 1.26 bits per heavy atom. The molecular formula is C15H17ClN2O. The van der Waals surface area contributed by atoms with Crippen LogP contribution >= 0.6 is 11.6 Å². The van der Waals surface area contributed by atoms with Crippen LogP contribution in [-0.4, -0.2) is 18.6 Å². The summed E-state index contributed by atoms with van der Waals surface area (Å²) in [7, 11) is 1.67. The first-order valence-corrected chi connectivity index (χ1v) is 6.60. The van der Waals surface area contributed by atoms with Gasteiger partial charge >= 0.3 is 0 Å². The maximum atomic E-state index is 6.11. The first kappa shape index (κ1) is 13.8. The highest BCUT2D eigenvalue weighted by atomic mass is 35.5. The minimum atomic E-state index is 0.0432. The van der Waals surface area contributed by atoms with Gasteiger partial charge in [-0.25, -0.2) is 0 Å². The Morgan fingerprint density at radius 2 is 2.00 bits per heavy atom. The number of rotatable bonds is 5. The monoisotopic (exact) mass is 276 g/mol. The van der Waals surface area contributed by atoms with E-state index in [0.29, 0.717) is 5.02 Å². The van der Waals surface area contributed by atoms with E-state index in [4.69, 9.17) is 16.3 Å². The Bertz CT molecular complexity index is 531. The van der Waals surface area contributed by atoms with Gasteiger partial charge in [0.05, 0.1) is 13.2 Å². The van der Waals surface area contributed by atoms with Crippen LogP contribution in [0.25, 0.3) is 0 Å². The average Bonchev–Trinajstić information content (AvgIpc) is 2.45. The number of aromatic nitrogens is 1. The van der Waals surface area contributed by atoms with Crippen molar-refractivity contribution in [3.8, 4) is 5.75 Å². The maximum Gasteiger partial charge on any atom is 0.124 e. The number of halogens is 1. The van der Waals surface area contributed by atoms with E-state index in [1.165, 1.54) is 0 Å². The molecule has 1 atom stereocenters. The average molecular weight is 277 g/mol. The summed E-state index contributed by atoms with van der Waals surface area (Å²) in [6.07, 6.45) is 3.58. The van der Waals surface area contributed by atoms with Crippen LogP contribution in [0.3, 0.4) is 0 Å². The van der Waals surface area contributed by atoms with Crippen molar-refractivity contribution in [1.29, 1.82) is 0 Å². The lowest BCUT2D eigenvalue weighted by molar-refractivity contribution is 0.404. The van der Waals surface area contributed by atoms with Crippen LogP contribution in [0.4, 0.5) is 0 Å². The molecule has 2 rings (SSSR count). The first-order valence-electron chi connectivity index (χ1n) is 6.23. The summed E-state index contributed by atoms with van der Waals surface area (Å²) in [6.45, 7) is 2.92. The van der Waals surface area contributed by atoms with Crippen LogP contribution < -0.4 is 10.1 Å². The van der Waals surface area contributed by atoms with E-state index in [1.807, 2.05) is 30.3 Å². The van der Waals surface area contributed by atoms with Crippen LogP contribution in [0.15, 0.2) is 42.7 Å². The Hall–Kier alpha value is -1.58. The van der Waals surface area contributed by atoms with Crippen LogP contribution in [0.1, 0.15) is 24.1 Å². The molecule has 1 aromatic heterocycles. The van der Waals surface area contributed by atoms with Crippen molar-refractivity contribution in [2.45, 2.75) is 13.0 Å². The molecule has 0 fully saturated rings. The van der Waals surface area contributed by atoms with Crippen LogP contribution in [-0.2, 0) is 0 Å². The van der Waals surface area contributed by atoms with E-state index in [1.54, 1.807) is 19.5 Å². The predicted octanol–water partition coefficient (Wildman–Crippen LogP) is 3.44. The molecule has 4 heteroatoms. The molecule has 1 aromatic carbocycles. The summed E-state index contributed by atoms with van der Waals surface area (Å²) in [4.78, 5) is 4.06. The number of nitrogens with one attached hydrogen (secondary N) is 1. The van der Waals surface area contributed by atoms with Gasteiger partial charge in [-0.15, -0.1) is 0 Å². The molecule has 0 saturated carbocycles. The number of nitrogens with zero attached hydrogens (tertiary/aromatic N) is 1. The summed E-state index contributed by atoms with van der Waals surface area (Å²) >= 11 is 6.11. The molecule has 0 bridgehead atoms. The van der Waals surface area contributed by atoms with Gasteiger partial charge < -0.3 is 10.1 Å². The molecule has 0 saturated heterocycles. The lowest BCUT2D eigenvalue weighted by Gasteiger charge is -2.21. The highest BCUT2D eigenvalue weighted by Crippen LogP contribution is 2.32. The van der Waals surface area contributed by atoms with Crippen molar-refractivity contribution in [2.75, 3.05) is 13.7 Å². The SMILES string of the molecule is CCNC(c1ccncc1)c1cc(Cl)ccc1OC. The van der Waals surface area contributed by atoms with Gasteiger partial charge in [0.25, 0.3) is 0 Å². The third kappa shape index (κ3) is 3.25. The van der Waals surface area contributed by atoms with E-state index in [0.717, 1.165) is 23.4 Å². The Labute approximate surface area is 118 Å². The topological polar surface area (TPSA) is 34.2 Å². The van der Waals surface area contributed by atoms with Gasteiger partial charge in [-0.1, -0.05) is 18.5 Å². The van der Waals surface area contributed by atoms with Gasteiger partial charge in [0.2, 0.25) is 0 Å². The van der Waals surface area contributed by atoms with Gasteiger partial charge in [0.1, 0.15) is 5.75 Å². The quantitative estimate of drug-likeness (QED) is 0.908. The number of hydrogen-bond acceptors (Lipinski definition) is 3. The minimum absolute atomic E-state index is 0.0432. The molecule has 100 valence electrons. The van der Waals surface area contributed by atoms with E-state index >= 15 is 0 Å². The molecule has 0 amide bonds. The van der Waals surface area contributed by atoms with Gasteiger partial charge in [-0.2, -0.15) is 0 Å². The molecule has 0 aliphatic rings. The maximum absolute atomic E-state index is 6.11. The van der Waals surface area contributed by atoms with Crippen molar-refractivity contribution in [1.82, 2.24) is 10.3 Å². The molecule has 0 aliphatic carbocycles. The van der Waals surface area contributed by atoms with E-state index in [9.17, 15) is 0 Å². The largest absolute Gasteiger partial charge is 0.496 e. The fraction of sp³-hybridized carbons (Fsp3) is 0.267. The molecule has 0 aliphatic heterocycles. The number of benzene rings is 1. The Kier molecular flexibility index (Phi) is 4.77. The van der Waals surface area contributed by atoms with Crippen LogP contribution in [0, 0.1) is 0 Å². The van der Waals surface area contributed by atoms with Gasteiger partial charge in [0, 0.05) is 23.0 Å². The number of methoxy groups -OCH3 is 1. The summed E-state index contributed by atoms with van der Waals surface area (Å²) in [5.41, 5.74) is 2.17. The van der Waals surface area contributed by atoms with Gasteiger partial charge in [-0.05, 0) is 42.4 Å². The third-order valence-corrected chi connectivity index (χ3v) is 3.19. The lowest BCUT2D eigenvalue weighted by Crippen LogP contribution is -2.22. The number of hydrogen-bond donors (Lipinski definition) is 1. The third-order valence-electron chi connectivity index (χ3n) is 2.95. The van der Waals surface area contributed by atoms with Crippen LogP contribution in [0.2, 0.25) is 5.02 Å². The van der Waals surface area contributed by atoms with Gasteiger partial charge in [-0.3, -0.25) is 4.98 Å². The molecule has 3 nitrogen and oxygen atoms in total. The molecule has 1 unspecified atom stereocenters. The zero-order chi connectivity index (χ0) is 13.7. The highest BCUT2D eigenvalue weighted by Gasteiger charge is 2.17. The molecular weight excluding hydrogens is 260 g/mol. The Balaban J connectivity index is 2.47. The zero-order valence-electron chi connectivity index (χ0n) is 11.1. The smallest absolute Gasteiger partial charge is 0.124 e. The summed E-state index contributed by atoms with van der Waals surface area (Å²) < 4.78 is 5.43. The van der Waals surface area contributed by atoms with Crippen molar-refractivity contribution < 1.29 is 4.74 Å². The normalized spacial score (nSPS) is 12.2. The first-order chi connectivity index (χ1) is 9.26. The van der Waals surface area contributed by atoms with E-state index in [-0.39, 0.29) is 6.04 Å². The minimum Gasteiger partial charge on any atom is -0.496 e. The number of pyridine rings is 1. The van der Waals surface area contributed by atoms with Crippen molar-refractivity contribution in [2.24, 2.45) is 0 Å². The molecule has 0 radical (unpaired) electrons. The predicted molar refractivity (Wildman–Crippen MR) is 77.8 cm³/mol. The summed E-state index contributed by atoms with van der Waals surface area (Å²) in [5, 5.41) is 4.15. The fourth-order valence-electron chi connectivity index (χ4n) is 2.10. The van der Waals surface area contributed by atoms with E-state index in [2.05, 4.69) is 17.2 Å². The molecule has 2 aromatic rings. The second kappa shape index (κ2) is 6.55. The standard InChI is InChI=1S/C15H17ClN2O/c1-3-18-15(11-6-8-17-9-7-11)13-10-12(16)4-5-14(13)19-2/h4-10,15,18H,3H2,1-2H3. The number of ether oxygens (including phenoxy) is 1. The van der Waals surface area contributed by atoms with Gasteiger partial charge in [0.15, 0.2) is 0 Å².